The smallest absolute Gasteiger partial charge is 0.234 e. The fraction of sp³-hybridized carbons (Fsp3) is 0.800. The Labute approximate surface area is 134 Å². The first-order chi connectivity index (χ1) is 9.84. The molecule has 2 rings (SSSR count). The summed E-state index contributed by atoms with van der Waals surface area (Å²) in [5, 5.41) is 12.2. The van der Waals surface area contributed by atoms with Gasteiger partial charge in [0.15, 0.2) is 0 Å². The van der Waals surface area contributed by atoms with E-state index in [4.69, 9.17) is 5.73 Å². The Morgan fingerprint density at radius 3 is 1.95 bits per heavy atom. The van der Waals surface area contributed by atoms with E-state index in [-0.39, 0.29) is 18.4 Å². The van der Waals surface area contributed by atoms with Crippen LogP contribution in [0.5, 0.6) is 0 Å². The quantitative estimate of drug-likeness (QED) is 0.474. The van der Waals surface area contributed by atoms with Crippen molar-refractivity contribution in [2.75, 3.05) is 0 Å². The predicted molar refractivity (Wildman–Crippen MR) is 92.1 cm³/mol. The zero-order valence-corrected chi connectivity index (χ0v) is 13.5. The number of rotatable bonds is 4. The number of guanidine groups is 1. The molecule has 0 aliphatic heterocycles. The zero-order valence-electron chi connectivity index (χ0n) is 12.7. The summed E-state index contributed by atoms with van der Waals surface area (Å²) in [6, 6.07) is 0. The van der Waals surface area contributed by atoms with Crippen LogP contribution in [-0.2, 0) is 0 Å². The summed E-state index contributed by atoms with van der Waals surface area (Å²) in [5.74, 6) is 1.44. The lowest BCUT2D eigenvalue weighted by molar-refractivity contribution is 0.444. The van der Waals surface area contributed by atoms with Gasteiger partial charge in [0.2, 0.25) is 5.96 Å². The van der Waals surface area contributed by atoms with Crippen molar-refractivity contribution in [2.24, 2.45) is 32.9 Å². The van der Waals surface area contributed by atoms with Crippen LogP contribution in [0.3, 0.4) is 0 Å². The lowest BCUT2D eigenvalue weighted by Gasteiger charge is -2.16. The highest BCUT2D eigenvalue weighted by Gasteiger charge is 2.11. The summed E-state index contributed by atoms with van der Waals surface area (Å²) < 4.78 is 0. The second-order valence-electron chi connectivity index (χ2n) is 5.94. The van der Waals surface area contributed by atoms with Gasteiger partial charge in [-0.05, 0) is 37.5 Å². The van der Waals surface area contributed by atoms with Crippen LogP contribution in [-0.4, -0.2) is 18.4 Å². The van der Waals surface area contributed by atoms with Gasteiger partial charge in [-0.1, -0.05) is 38.5 Å². The number of nitrogens with one attached hydrogen (secondary N) is 1. The van der Waals surface area contributed by atoms with E-state index in [0.29, 0.717) is 11.8 Å². The van der Waals surface area contributed by atoms with E-state index < -0.39 is 0 Å². The molecule has 2 aliphatic carbocycles. The van der Waals surface area contributed by atoms with Gasteiger partial charge in [-0.2, -0.15) is 10.2 Å². The largest absolute Gasteiger partial charge is 0.367 e. The van der Waals surface area contributed by atoms with E-state index in [1.165, 1.54) is 64.2 Å². The summed E-state index contributed by atoms with van der Waals surface area (Å²) in [4.78, 5) is 0. The molecule has 120 valence electrons. The molecule has 0 atom stereocenters. The minimum Gasteiger partial charge on any atom is -0.367 e. The molecule has 0 aromatic carbocycles. The van der Waals surface area contributed by atoms with E-state index >= 15 is 0 Å². The second kappa shape index (κ2) is 10.6. The summed E-state index contributed by atoms with van der Waals surface area (Å²) >= 11 is 0. The number of halogens is 1. The first kappa shape index (κ1) is 18.0. The van der Waals surface area contributed by atoms with E-state index in [2.05, 4.69) is 20.7 Å². The van der Waals surface area contributed by atoms with Crippen molar-refractivity contribution >= 4 is 30.8 Å². The van der Waals surface area contributed by atoms with Gasteiger partial charge < -0.3 is 5.73 Å². The molecule has 0 amide bonds. The van der Waals surface area contributed by atoms with Gasteiger partial charge in [-0.15, -0.1) is 17.5 Å². The van der Waals surface area contributed by atoms with Crippen molar-refractivity contribution in [1.29, 1.82) is 0 Å². The zero-order chi connectivity index (χ0) is 14.0. The van der Waals surface area contributed by atoms with E-state index in [1.807, 2.05) is 12.4 Å². The maximum atomic E-state index is 5.72. The summed E-state index contributed by atoms with van der Waals surface area (Å²) in [6.45, 7) is 0. The average Bonchev–Trinajstić information content (AvgIpc) is 2.49. The van der Waals surface area contributed by atoms with E-state index in [9.17, 15) is 0 Å². The highest BCUT2D eigenvalue weighted by atomic mass is 35.5. The highest BCUT2D eigenvalue weighted by molar-refractivity contribution is 5.85. The van der Waals surface area contributed by atoms with Crippen LogP contribution in [0, 0.1) is 11.8 Å². The Kier molecular flexibility index (Phi) is 9.06. The highest BCUT2D eigenvalue weighted by Crippen LogP contribution is 2.22. The Hall–Kier alpha value is -1.10. The van der Waals surface area contributed by atoms with Crippen LogP contribution in [0.2, 0.25) is 0 Å². The Balaban J connectivity index is 0.00000220. The van der Waals surface area contributed by atoms with Gasteiger partial charge in [0, 0.05) is 12.4 Å². The molecule has 0 aromatic heterocycles. The molecule has 0 radical (unpaired) electrons. The van der Waals surface area contributed by atoms with Gasteiger partial charge >= 0.3 is 0 Å². The molecule has 5 nitrogen and oxygen atoms in total. The number of nitrogens with zero attached hydrogens (tertiary/aromatic N) is 3. The number of hydrogen-bond donors (Lipinski definition) is 2. The van der Waals surface area contributed by atoms with Gasteiger partial charge in [-0.3, -0.25) is 0 Å². The first-order valence-corrected chi connectivity index (χ1v) is 8.00. The number of hydrazone groups is 1. The van der Waals surface area contributed by atoms with Crippen molar-refractivity contribution in [1.82, 2.24) is 5.43 Å². The minimum atomic E-state index is 0. The monoisotopic (exact) mass is 313 g/mol. The van der Waals surface area contributed by atoms with Crippen molar-refractivity contribution in [3.05, 3.63) is 0 Å². The third-order valence-electron chi connectivity index (χ3n) is 4.21. The van der Waals surface area contributed by atoms with E-state index in [1.54, 1.807) is 0 Å². The fourth-order valence-electron chi connectivity index (χ4n) is 2.99. The minimum absolute atomic E-state index is 0. The summed E-state index contributed by atoms with van der Waals surface area (Å²) in [7, 11) is 0. The fourth-order valence-corrected chi connectivity index (χ4v) is 2.99. The maximum Gasteiger partial charge on any atom is 0.234 e. The molecule has 3 N–H and O–H groups in total. The molecular weight excluding hydrogens is 286 g/mol. The van der Waals surface area contributed by atoms with Crippen molar-refractivity contribution < 1.29 is 0 Å². The summed E-state index contributed by atoms with van der Waals surface area (Å²) in [6.07, 6.45) is 16.8. The lowest BCUT2D eigenvalue weighted by Crippen LogP contribution is -2.27. The van der Waals surface area contributed by atoms with Crippen molar-refractivity contribution in [3.8, 4) is 0 Å². The maximum absolute atomic E-state index is 5.72. The molecule has 0 heterocycles. The SMILES string of the molecule is Cl.N/C(=N\N=C\C1CCCCC1)N/N=C/C1CCCCC1. The second-order valence-corrected chi connectivity index (χ2v) is 5.94. The molecule has 2 aliphatic rings. The topological polar surface area (TPSA) is 75.1 Å². The van der Waals surface area contributed by atoms with Crippen LogP contribution in [0.25, 0.3) is 0 Å². The van der Waals surface area contributed by atoms with Gasteiger partial charge in [-0.25, -0.2) is 5.43 Å². The molecule has 6 heteroatoms. The van der Waals surface area contributed by atoms with Gasteiger partial charge in [0.25, 0.3) is 0 Å². The molecule has 0 unspecified atom stereocenters. The Morgan fingerprint density at radius 1 is 0.857 bits per heavy atom. The van der Waals surface area contributed by atoms with E-state index in [0.717, 1.165) is 0 Å². The number of nitrogens with two attached hydrogens (primary N) is 1. The lowest BCUT2D eigenvalue weighted by atomic mass is 9.90. The molecule has 0 spiro atoms. The first-order valence-electron chi connectivity index (χ1n) is 8.00. The third-order valence-corrected chi connectivity index (χ3v) is 4.21. The third kappa shape index (κ3) is 7.46. The van der Waals surface area contributed by atoms with Crippen molar-refractivity contribution in [2.45, 2.75) is 64.2 Å². The standard InChI is InChI=1S/C15H27N5.ClH/c16-15(19-17-11-13-7-3-1-4-8-13)20-18-12-14-9-5-2-6-10-14;/h11-14H,1-10H2,(H3,16,19,20);1H/b17-11+,18-12+;. The molecule has 21 heavy (non-hydrogen) atoms. The van der Waals surface area contributed by atoms with Crippen LogP contribution in [0.15, 0.2) is 15.3 Å². The van der Waals surface area contributed by atoms with Crippen molar-refractivity contribution in [3.63, 3.8) is 0 Å². The molecular formula is C15H28ClN5. The Morgan fingerprint density at radius 2 is 1.38 bits per heavy atom. The van der Waals surface area contributed by atoms with Crippen LogP contribution in [0.1, 0.15) is 64.2 Å². The van der Waals surface area contributed by atoms with Crippen LogP contribution >= 0.6 is 12.4 Å². The van der Waals surface area contributed by atoms with Crippen LogP contribution < -0.4 is 11.2 Å². The summed E-state index contributed by atoms with van der Waals surface area (Å²) in [5.41, 5.74) is 8.47. The van der Waals surface area contributed by atoms with Gasteiger partial charge in [0.05, 0.1) is 0 Å². The molecule has 0 aromatic rings. The normalized spacial score (nSPS) is 22.6. The predicted octanol–water partition coefficient (Wildman–Crippen LogP) is 3.44. The van der Waals surface area contributed by atoms with Crippen LogP contribution in [0.4, 0.5) is 0 Å². The average molecular weight is 314 g/mol. The molecule has 2 saturated carbocycles. The molecule has 2 fully saturated rings. The molecule has 0 bridgehead atoms. The van der Waals surface area contributed by atoms with Gasteiger partial charge in [0.1, 0.15) is 0 Å². The molecule has 0 saturated heterocycles. The Bertz CT molecular complexity index is 355. The number of hydrogen-bond acceptors (Lipinski definition) is 3.